The van der Waals surface area contributed by atoms with Crippen LogP contribution in [0.15, 0.2) is 46.3 Å². The van der Waals surface area contributed by atoms with E-state index in [4.69, 9.17) is 0 Å². The SMILES string of the molecule is CSc1ccc(-c2nc3ncccc3[nH]2)c(SC)c1.Cl. The summed E-state index contributed by atoms with van der Waals surface area (Å²) in [6.07, 6.45) is 5.94. The van der Waals surface area contributed by atoms with Gasteiger partial charge in [-0.05, 0) is 42.8 Å². The highest BCUT2D eigenvalue weighted by molar-refractivity contribution is 7.99. The third kappa shape index (κ3) is 2.80. The quantitative estimate of drug-likeness (QED) is 0.721. The van der Waals surface area contributed by atoms with Crippen molar-refractivity contribution in [2.24, 2.45) is 0 Å². The van der Waals surface area contributed by atoms with Gasteiger partial charge in [-0.1, -0.05) is 0 Å². The van der Waals surface area contributed by atoms with Crippen LogP contribution in [-0.2, 0) is 0 Å². The van der Waals surface area contributed by atoms with Crippen LogP contribution in [-0.4, -0.2) is 27.5 Å². The first-order valence-corrected chi connectivity index (χ1v) is 8.30. The molecule has 104 valence electrons. The molecule has 0 spiro atoms. The largest absolute Gasteiger partial charge is 0.337 e. The van der Waals surface area contributed by atoms with Gasteiger partial charge in [0.2, 0.25) is 0 Å². The van der Waals surface area contributed by atoms with E-state index in [1.54, 1.807) is 29.7 Å². The summed E-state index contributed by atoms with van der Waals surface area (Å²) >= 11 is 3.49. The Labute approximate surface area is 132 Å². The zero-order valence-electron chi connectivity index (χ0n) is 11.1. The summed E-state index contributed by atoms with van der Waals surface area (Å²) in [6.45, 7) is 0. The highest BCUT2D eigenvalue weighted by Crippen LogP contribution is 2.32. The summed E-state index contributed by atoms with van der Waals surface area (Å²) in [5.41, 5.74) is 2.86. The second-order valence-electron chi connectivity index (χ2n) is 4.03. The molecule has 0 unspecified atom stereocenters. The van der Waals surface area contributed by atoms with Gasteiger partial charge in [0.25, 0.3) is 0 Å². The molecule has 0 atom stereocenters. The predicted octanol–water partition coefficient (Wildman–Crippen LogP) is 4.49. The highest BCUT2D eigenvalue weighted by Gasteiger charge is 2.10. The summed E-state index contributed by atoms with van der Waals surface area (Å²) in [5, 5.41) is 0. The molecule has 0 saturated heterocycles. The molecule has 3 aromatic rings. The molecule has 0 aliphatic carbocycles. The zero-order chi connectivity index (χ0) is 13.2. The van der Waals surface area contributed by atoms with E-state index in [9.17, 15) is 0 Å². The maximum absolute atomic E-state index is 4.56. The molecule has 0 radical (unpaired) electrons. The van der Waals surface area contributed by atoms with Gasteiger partial charge < -0.3 is 4.98 Å². The number of rotatable bonds is 3. The number of hydrogen-bond donors (Lipinski definition) is 1. The Morgan fingerprint density at radius 1 is 1.10 bits per heavy atom. The normalized spacial score (nSPS) is 10.5. The number of H-pyrrole nitrogens is 1. The van der Waals surface area contributed by atoms with Gasteiger partial charge in [0.1, 0.15) is 5.82 Å². The van der Waals surface area contributed by atoms with Gasteiger partial charge in [-0.15, -0.1) is 35.9 Å². The van der Waals surface area contributed by atoms with Crippen molar-refractivity contribution in [1.82, 2.24) is 15.0 Å². The van der Waals surface area contributed by atoms with Gasteiger partial charge >= 0.3 is 0 Å². The number of aromatic nitrogens is 3. The van der Waals surface area contributed by atoms with Crippen molar-refractivity contribution in [2.75, 3.05) is 12.5 Å². The summed E-state index contributed by atoms with van der Waals surface area (Å²) in [7, 11) is 0. The number of halogens is 1. The van der Waals surface area contributed by atoms with Crippen molar-refractivity contribution < 1.29 is 0 Å². The molecule has 0 saturated carbocycles. The van der Waals surface area contributed by atoms with Crippen molar-refractivity contribution in [3.05, 3.63) is 36.5 Å². The van der Waals surface area contributed by atoms with Gasteiger partial charge in [0.05, 0.1) is 5.52 Å². The van der Waals surface area contributed by atoms with Crippen LogP contribution in [0.2, 0.25) is 0 Å². The second kappa shape index (κ2) is 6.52. The van der Waals surface area contributed by atoms with E-state index < -0.39 is 0 Å². The lowest BCUT2D eigenvalue weighted by Crippen LogP contribution is -1.85. The monoisotopic (exact) mass is 323 g/mol. The molecule has 2 aromatic heterocycles. The number of hydrogen-bond acceptors (Lipinski definition) is 4. The van der Waals surface area contributed by atoms with Crippen LogP contribution in [0.3, 0.4) is 0 Å². The Bertz CT molecular complexity index is 694. The van der Waals surface area contributed by atoms with Gasteiger partial charge in [-0.3, -0.25) is 0 Å². The number of nitrogens with zero attached hydrogens (tertiary/aromatic N) is 2. The minimum absolute atomic E-state index is 0. The van der Waals surface area contributed by atoms with Crippen LogP contribution in [0.4, 0.5) is 0 Å². The van der Waals surface area contributed by atoms with Crippen LogP contribution >= 0.6 is 35.9 Å². The molecule has 1 N–H and O–H groups in total. The van der Waals surface area contributed by atoms with Gasteiger partial charge in [-0.2, -0.15) is 0 Å². The van der Waals surface area contributed by atoms with E-state index in [0.29, 0.717) is 0 Å². The standard InChI is InChI=1S/C14H13N3S2.ClH/c1-18-9-5-6-10(12(8-9)19-2)13-16-11-4-3-7-15-14(11)17-13;/h3-8H,1-2H3,(H,15,16,17);1H. The first-order chi connectivity index (χ1) is 9.31. The fourth-order valence-corrected chi connectivity index (χ4v) is 3.11. The number of thioether (sulfide) groups is 2. The molecule has 0 fully saturated rings. The van der Waals surface area contributed by atoms with Gasteiger partial charge in [0, 0.05) is 21.6 Å². The third-order valence-electron chi connectivity index (χ3n) is 2.92. The lowest BCUT2D eigenvalue weighted by Gasteiger charge is -2.06. The van der Waals surface area contributed by atoms with Crippen LogP contribution < -0.4 is 0 Å². The van der Waals surface area contributed by atoms with Crippen molar-refractivity contribution in [3.63, 3.8) is 0 Å². The number of imidazole rings is 1. The highest BCUT2D eigenvalue weighted by atomic mass is 35.5. The summed E-state index contributed by atoms with van der Waals surface area (Å²) in [6, 6.07) is 10.4. The molecule has 1 aromatic carbocycles. The molecular formula is C14H14ClN3S2. The molecule has 20 heavy (non-hydrogen) atoms. The molecule has 2 heterocycles. The van der Waals surface area contributed by atoms with Crippen molar-refractivity contribution in [1.29, 1.82) is 0 Å². The van der Waals surface area contributed by atoms with Crippen LogP contribution in [0.1, 0.15) is 0 Å². The molecule has 0 amide bonds. The number of benzene rings is 1. The van der Waals surface area contributed by atoms with E-state index in [-0.39, 0.29) is 12.4 Å². The van der Waals surface area contributed by atoms with Crippen LogP contribution in [0, 0.1) is 0 Å². The molecule has 0 aliphatic rings. The van der Waals surface area contributed by atoms with Crippen LogP contribution in [0.5, 0.6) is 0 Å². The predicted molar refractivity (Wildman–Crippen MR) is 90.1 cm³/mol. The topological polar surface area (TPSA) is 41.6 Å². The number of fused-ring (bicyclic) bond motifs is 1. The Morgan fingerprint density at radius 2 is 1.95 bits per heavy atom. The Hall–Kier alpha value is -1.17. The lowest BCUT2D eigenvalue weighted by molar-refractivity contribution is 1.25. The van der Waals surface area contributed by atoms with Crippen molar-refractivity contribution >= 4 is 47.1 Å². The molecule has 3 rings (SSSR count). The van der Waals surface area contributed by atoms with E-state index in [0.717, 1.165) is 22.6 Å². The lowest BCUT2D eigenvalue weighted by atomic mass is 10.2. The number of pyridine rings is 1. The Balaban J connectivity index is 0.00000147. The smallest absolute Gasteiger partial charge is 0.178 e. The van der Waals surface area contributed by atoms with Crippen molar-refractivity contribution in [2.45, 2.75) is 9.79 Å². The van der Waals surface area contributed by atoms with E-state index in [2.05, 4.69) is 45.7 Å². The second-order valence-corrected chi connectivity index (χ2v) is 5.75. The number of nitrogens with one attached hydrogen (secondary N) is 1. The molecule has 0 bridgehead atoms. The zero-order valence-corrected chi connectivity index (χ0v) is 13.5. The summed E-state index contributed by atoms with van der Waals surface area (Å²) in [5.74, 6) is 0.880. The maximum atomic E-state index is 4.56. The minimum Gasteiger partial charge on any atom is -0.337 e. The molecule has 3 nitrogen and oxygen atoms in total. The maximum Gasteiger partial charge on any atom is 0.178 e. The fourth-order valence-electron chi connectivity index (χ4n) is 1.97. The van der Waals surface area contributed by atoms with E-state index >= 15 is 0 Å². The molecular weight excluding hydrogens is 310 g/mol. The first kappa shape index (κ1) is 15.2. The molecule has 0 aliphatic heterocycles. The summed E-state index contributed by atoms with van der Waals surface area (Å²) < 4.78 is 0. The van der Waals surface area contributed by atoms with Crippen LogP contribution in [0.25, 0.3) is 22.6 Å². The van der Waals surface area contributed by atoms with E-state index in [1.807, 2.05) is 12.1 Å². The average molecular weight is 324 g/mol. The first-order valence-electron chi connectivity index (χ1n) is 5.85. The van der Waals surface area contributed by atoms with Gasteiger partial charge in [-0.25, -0.2) is 9.97 Å². The summed E-state index contributed by atoms with van der Waals surface area (Å²) in [4.78, 5) is 14.6. The average Bonchev–Trinajstić information content (AvgIpc) is 2.90. The minimum atomic E-state index is 0. The van der Waals surface area contributed by atoms with Gasteiger partial charge in [0.15, 0.2) is 5.65 Å². The van der Waals surface area contributed by atoms with Crippen molar-refractivity contribution in [3.8, 4) is 11.4 Å². The molecule has 6 heteroatoms. The Morgan fingerprint density at radius 3 is 2.65 bits per heavy atom. The third-order valence-corrected chi connectivity index (χ3v) is 4.42. The van der Waals surface area contributed by atoms with E-state index in [1.165, 1.54) is 9.79 Å². The fraction of sp³-hybridized carbons (Fsp3) is 0.143. The number of aromatic amines is 1. The Kier molecular flexibility index (Phi) is 4.96.